The van der Waals surface area contributed by atoms with E-state index < -0.39 is 0 Å². The van der Waals surface area contributed by atoms with Crippen molar-refractivity contribution in [3.63, 3.8) is 0 Å². The van der Waals surface area contributed by atoms with Gasteiger partial charge in [-0.3, -0.25) is 0 Å². The summed E-state index contributed by atoms with van der Waals surface area (Å²) in [6.45, 7) is 0. The first kappa shape index (κ1) is 26.3. The molecule has 0 radical (unpaired) electrons. The summed E-state index contributed by atoms with van der Waals surface area (Å²) in [5, 5.41) is 1.84. The number of hydrogen-bond donors (Lipinski definition) is 0. The van der Waals surface area contributed by atoms with E-state index in [2.05, 4.69) is 68.3 Å². The Morgan fingerprint density at radius 3 is 1.72 bits per heavy atom. The average Bonchev–Trinajstić information content (AvgIpc) is 2.83. The summed E-state index contributed by atoms with van der Waals surface area (Å²) in [4.78, 5) is 0. The monoisotopic (exact) mass is 566 g/mol. The number of halogens is 2. The highest BCUT2D eigenvalue weighted by molar-refractivity contribution is 9.09. The highest BCUT2D eigenvalue weighted by Gasteiger charge is 2.12. The smallest absolute Gasteiger partial charge is 0.160 e. The van der Waals surface area contributed by atoms with Crippen LogP contribution in [0.15, 0.2) is 59.7 Å². The molecule has 2 rings (SSSR count). The molecule has 0 heterocycles. The van der Waals surface area contributed by atoms with E-state index in [1.54, 1.807) is 28.4 Å². The molecule has 2 aromatic carbocycles. The summed E-state index contributed by atoms with van der Waals surface area (Å²) in [5.41, 5.74) is 5.07. The minimum absolute atomic E-state index is 0.739. The van der Waals surface area contributed by atoms with E-state index in [-0.39, 0.29) is 0 Å². The molecule has 0 aliphatic carbocycles. The van der Waals surface area contributed by atoms with Crippen molar-refractivity contribution in [3.8, 4) is 23.0 Å². The molecule has 0 atom stereocenters. The van der Waals surface area contributed by atoms with Crippen LogP contribution >= 0.6 is 31.9 Å². The summed E-state index contributed by atoms with van der Waals surface area (Å²) in [6.07, 6.45) is 8.08. The molecule has 0 aromatic heterocycles. The van der Waals surface area contributed by atoms with E-state index in [0.29, 0.717) is 0 Å². The molecule has 0 amide bonds. The van der Waals surface area contributed by atoms with Crippen molar-refractivity contribution in [2.75, 3.05) is 39.1 Å². The largest absolute Gasteiger partial charge is 0.493 e. The molecule has 174 valence electrons. The summed E-state index contributed by atoms with van der Waals surface area (Å²) < 4.78 is 21.8. The van der Waals surface area contributed by atoms with Gasteiger partial charge in [-0.1, -0.05) is 61.7 Å². The Bertz CT molecular complexity index is 922. The third-order valence-corrected chi connectivity index (χ3v) is 6.01. The van der Waals surface area contributed by atoms with Crippen LogP contribution in [-0.4, -0.2) is 39.1 Å². The number of ether oxygens (including phenoxy) is 4. The van der Waals surface area contributed by atoms with Gasteiger partial charge in [0.2, 0.25) is 0 Å². The second-order valence-corrected chi connectivity index (χ2v) is 8.77. The molecule has 0 N–H and O–H groups in total. The molecule has 0 bridgehead atoms. The van der Waals surface area contributed by atoms with Crippen molar-refractivity contribution in [1.29, 1.82) is 0 Å². The number of methoxy groups -OCH3 is 4. The maximum atomic E-state index is 5.51. The fourth-order valence-electron chi connectivity index (χ4n) is 3.51. The van der Waals surface area contributed by atoms with Crippen molar-refractivity contribution in [2.24, 2.45) is 0 Å². The maximum absolute atomic E-state index is 5.51. The minimum atomic E-state index is 0.739. The molecular formula is C26H32Br2O4. The molecule has 0 saturated heterocycles. The van der Waals surface area contributed by atoms with Crippen LogP contribution in [0, 0.1) is 0 Å². The van der Waals surface area contributed by atoms with Crippen molar-refractivity contribution in [1.82, 2.24) is 0 Å². The topological polar surface area (TPSA) is 36.9 Å². The Morgan fingerprint density at radius 2 is 1.25 bits per heavy atom. The number of rotatable bonds is 13. The lowest BCUT2D eigenvalue weighted by Gasteiger charge is -2.16. The van der Waals surface area contributed by atoms with Gasteiger partial charge in [-0.25, -0.2) is 0 Å². The Hall–Kier alpha value is -1.92. The Balaban J connectivity index is 2.45. The zero-order valence-electron chi connectivity index (χ0n) is 19.3. The van der Waals surface area contributed by atoms with Crippen LogP contribution in [0.25, 0.3) is 0 Å². The first-order chi connectivity index (χ1) is 15.6. The van der Waals surface area contributed by atoms with Crippen LogP contribution in [0.2, 0.25) is 0 Å². The van der Waals surface area contributed by atoms with Gasteiger partial charge >= 0.3 is 0 Å². The van der Waals surface area contributed by atoms with Crippen molar-refractivity contribution >= 4 is 31.9 Å². The van der Waals surface area contributed by atoms with Gasteiger partial charge < -0.3 is 18.9 Å². The van der Waals surface area contributed by atoms with E-state index in [1.165, 1.54) is 22.3 Å². The Morgan fingerprint density at radius 1 is 0.719 bits per heavy atom. The van der Waals surface area contributed by atoms with Crippen LogP contribution < -0.4 is 18.9 Å². The molecule has 2 aromatic rings. The van der Waals surface area contributed by atoms with Gasteiger partial charge in [0.05, 0.1) is 28.4 Å². The summed E-state index contributed by atoms with van der Waals surface area (Å²) in [6, 6.07) is 12.2. The van der Waals surface area contributed by atoms with Gasteiger partial charge in [-0.2, -0.15) is 0 Å². The predicted molar refractivity (Wildman–Crippen MR) is 139 cm³/mol. The van der Waals surface area contributed by atoms with Crippen LogP contribution in [0.3, 0.4) is 0 Å². The lowest BCUT2D eigenvalue weighted by molar-refractivity contribution is 0.354. The van der Waals surface area contributed by atoms with Gasteiger partial charge in [-0.05, 0) is 66.6 Å². The molecule has 4 nitrogen and oxygen atoms in total. The van der Waals surface area contributed by atoms with Gasteiger partial charge in [0.25, 0.3) is 0 Å². The van der Waals surface area contributed by atoms with Crippen molar-refractivity contribution in [3.05, 3.63) is 70.8 Å². The van der Waals surface area contributed by atoms with Gasteiger partial charge in [0, 0.05) is 10.7 Å². The molecule has 0 saturated carbocycles. The number of alkyl halides is 2. The van der Waals surface area contributed by atoms with Crippen molar-refractivity contribution < 1.29 is 18.9 Å². The van der Waals surface area contributed by atoms with E-state index in [1.807, 2.05) is 12.1 Å². The SMILES string of the molecule is COc1ccc(CC(/C=C/CCBr)=C(/CCBr)Cc2ccc(OC)c(OC)c2)cc1OC. The molecule has 0 aliphatic heterocycles. The minimum Gasteiger partial charge on any atom is -0.493 e. The maximum Gasteiger partial charge on any atom is 0.160 e. The van der Waals surface area contributed by atoms with E-state index in [4.69, 9.17) is 18.9 Å². The van der Waals surface area contributed by atoms with E-state index >= 15 is 0 Å². The Kier molecular flexibility index (Phi) is 11.7. The average molecular weight is 568 g/mol. The van der Waals surface area contributed by atoms with Crippen LogP contribution in [0.5, 0.6) is 23.0 Å². The van der Waals surface area contributed by atoms with E-state index in [9.17, 15) is 0 Å². The van der Waals surface area contributed by atoms with E-state index in [0.717, 1.165) is 59.3 Å². The fourth-order valence-corrected chi connectivity index (χ4v) is 4.26. The van der Waals surface area contributed by atoms with Crippen LogP contribution in [0.4, 0.5) is 0 Å². The first-order valence-electron chi connectivity index (χ1n) is 10.5. The number of allylic oxidation sites excluding steroid dienone is 4. The standard InChI is InChI=1S/C26H32Br2O4/c1-29-23-10-8-19(17-25(23)31-3)15-21(7-5-6-13-27)22(12-14-28)16-20-9-11-24(30-2)26(18-20)32-4/h5,7-11,17-18H,6,12-16H2,1-4H3/b7-5+,22-21-. The third kappa shape index (κ3) is 7.59. The quantitative estimate of drug-likeness (QED) is 0.194. The fraction of sp³-hybridized carbons (Fsp3) is 0.385. The summed E-state index contributed by atoms with van der Waals surface area (Å²) in [7, 11) is 6.65. The highest BCUT2D eigenvalue weighted by atomic mass is 79.9. The first-order valence-corrected chi connectivity index (χ1v) is 12.8. The summed E-state index contributed by atoms with van der Waals surface area (Å²) in [5.74, 6) is 2.97. The lowest BCUT2D eigenvalue weighted by atomic mass is 9.93. The normalized spacial score (nSPS) is 11.9. The molecule has 0 aliphatic rings. The second-order valence-electron chi connectivity index (χ2n) is 7.18. The molecule has 32 heavy (non-hydrogen) atoms. The molecule has 0 fully saturated rings. The van der Waals surface area contributed by atoms with Gasteiger partial charge in [0.15, 0.2) is 23.0 Å². The molecular weight excluding hydrogens is 536 g/mol. The number of benzene rings is 2. The zero-order valence-corrected chi connectivity index (χ0v) is 22.4. The summed E-state index contributed by atoms with van der Waals surface area (Å²) >= 11 is 7.17. The Labute approximate surface area is 208 Å². The zero-order chi connectivity index (χ0) is 23.3. The molecule has 0 unspecified atom stereocenters. The molecule has 6 heteroatoms. The second kappa shape index (κ2) is 14.3. The lowest BCUT2D eigenvalue weighted by Crippen LogP contribution is -2.01. The number of hydrogen-bond acceptors (Lipinski definition) is 4. The highest BCUT2D eigenvalue weighted by Crippen LogP contribution is 2.32. The van der Waals surface area contributed by atoms with Crippen molar-refractivity contribution in [2.45, 2.75) is 25.7 Å². The third-order valence-electron chi connectivity index (χ3n) is 5.15. The van der Waals surface area contributed by atoms with Gasteiger partial charge in [0.1, 0.15) is 0 Å². The van der Waals surface area contributed by atoms with Gasteiger partial charge in [-0.15, -0.1) is 0 Å². The predicted octanol–water partition coefficient (Wildman–Crippen LogP) is 6.93. The van der Waals surface area contributed by atoms with Crippen LogP contribution in [-0.2, 0) is 12.8 Å². The molecule has 0 spiro atoms. The van der Waals surface area contributed by atoms with Crippen LogP contribution in [0.1, 0.15) is 24.0 Å².